The van der Waals surface area contributed by atoms with E-state index in [1.807, 2.05) is 6.92 Å². The molecule has 0 aromatic heterocycles. The normalized spacial score (nSPS) is 16.4. The predicted molar refractivity (Wildman–Crippen MR) is 40.0 cm³/mol. The van der Waals surface area contributed by atoms with E-state index in [1.165, 1.54) is 0 Å². The van der Waals surface area contributed by atoms with Crippen LogP contribution >= 0.6 is 0 Å². The van der Waals surface area contributed by atoms with E-state index in [0.717, 1.165) is 0 Å². The minimum Gasteiger partial charge on any atom is -0.396 e. The lowest BCUT2D eigenvalue weighted by atomic mass is 9.98. The molecule has 0 bridgehead atoms. The zero-order valence-electron chi connectivity index (χ0n) is 6.17. The van der Waals surface area contributed by atoms with Crippen molar-refractivity contribution in [3.63, 3.8) is 0 Å². The van der Waals surface area contributed by atoms with Crippen LogP contribution in [-0.4, -0.2) is 28.6 Å². The van der Waals surface area contributed by atoms with Crippen molar-refractivity contribution in [1.82, 2.24) is 0 Å². The lowest BCUT2D eigenvalue weighted by Gasteiger charge is -2.14. The minimum atomic E-state index is -0.975. The van der Waals surface area contributed by atoms with Crippen molar-refractivity contribution >= 4 is 5.71 Å². The number of nitrogens with one attached hydrogen (secondary N) is 1. The van der Waals surface area contributed by atoms with Crippen molar-refractivity contribution in [2.45, 2.75) is 19.4 Å². The monoisotopic (exact) mass is 144 g/mol. The van der Waals surface area contributed by atoms with Gasteiger partial charge in [0.15, 0.2) is 0 Å². The van der Waals surface area contributed by atoms with Gasteiger partial charge in [0.25, 0.3) is 0 Å². The maximum absolute atomic E-state index is 8.81. The molecule has 3 nitrogen and oxygen atoms in total. The first kappa shape index (κ1) is 9.59. The third-order valence-corrected chi connectivity index (χ3v) is 1.51. The van der Waals surface area contributed by atoms with Crippen LogP contribution in [0.25, 0.3) is 0 Å². The first-order chi connectivity index (χ1) is 4.63. The number of hydrogen-bond acceptors (Lipinski definition) is 3. The van der Waals surface area contributed by atoms with E-state index in [-0.39, 0.29) is 18.2 Å². The smallest absolute Gasteiger partial charge is 0.0918 e. The van der Waals surface area contributed by atoms with Crippen molar-refractivity contribution in [3.05, 3.63) is 6.92 Å². The van der Waals surface area contributed by atoms with Crippen LogP contribution in [0, 0.1) is 18.3 Å². The molecule has 0 aromatic carbocycles. The molecule has 0 aliphatic rings. The van der Waals surface area contributed by atoms with Crippen molar-refractivity contribution < 1.29 is 10.2 Å². The molecule has 0 heterocycles. The highest BCUT2D eigenvalue weighted by molar-refractivity contribution is 5.88. The first-order valence-electron chi connectivity index (χ1n) is 3.33. The summed E-state index contributed by atoms with van der Waals surface area (Å²) in [5.74, 6) is -0.229. The zero-order valence-corrected chi connectivity index (χ0v) is 6.17. The summed E-state index contributed by atoms with van der Waals surface area (Å²) in [6, 6.07) is 0. The van der Waals surface area contributed by atoms with Gasteiger partial charge in [0.2, 0.25) is 0 Å². The van der Waals surface area contributed by atoms with E-state index < -0.39 is 6.10 Å². The van der Waals surface area contributed by atoms with Crippen LogP contribution in [0.3, 0.4) is 0 Å². The van der Waals surface area contributed by atoms with E-state index >= 15 is 0 Å². The molecule has 0 rings (SSSR count). The van der Waals surface area contributed by atoms with Gasteiger partial charge in [0.1, 0.15) is 0 Å². The summed E-state index contributed by atoms with van der Waals surface area (Å²) in [7, 11) is 0. The third kappa shape index (κ3) is 2.45. The molecule has 3 N–H and O–H groups in total. The highest BCUT2D eigenvalue weighted by atomic mass is 16.3. The Bertz CT molecular complexity index is 108. The van der Waals surface area contributed by atoms with Gasteiger partial charge in [-0.3, -0.25) is 0 Å². The summed E-state index contributed by atoms with van der Waals surface area (Å²) in [5, 5.41) is 24.7. The Labute approximate surface area is 61.2 Å². The number of hydrogen-bond donors (Lipinski definition) is 3. The van der Waals surface area contributed by atoms with Gasteiger partial charge in [-0.05, 0) is 13.3 Å². The maximum Gasteiger partial charge on any atom is 0.0918 e. The molecule has 0 aliphatic heterocycles. The van der Waals surface area contributed by atoms with Crippen LogP contribution in [0.4, 0.5) is 0 Å². The fourth-order valence-electron chi connectivity index (χ4n) is 0.719. The Morgan fingerprint density at radius 3 is 2.30 bits per heavy atom. The standard InChI is InChI=1S/C7H14NO2/c1-3-6(4-9)7(8)5(2)10/h5-6,8-10H,2-4H2,1H3. The van der Waals surface area contributed by atoms with Crippen LogP contribution in [0.5, 0.6) is 0 Å². The molecule has 2 atom stereocenters. The molecule has 0 amide bonds. The summed E-state index contributed by atoms with van der Waals surface area (Å²) >= 11 is 0. The maximum atomic E-state index is 8.81. The molecule has 3 heteroatoms. The van der Waals surface area contributed by atoms with E-state index in [2.05, 4.69) is 6.92 Å². The summed E-state index contributed by atoms with van der Waals surface area (Å²) < 4.78 is 0. The summed E-state index contributed by atoms with van der Waals surface area (Å²) in [4.78, 5) is 0. The molecule has 0 saturated heterocycles. The van der Waals surface area contributed by atoms with Gasteiger partial charge in [0, 0.05) is 11.6 Å². The largest absolute Gasteiger partial charge is 0.396 e. The fraction of sp³-hybridized carbons (Fsp3) is 0.714. The number of rotatable bonds is 4. The molecule has 0 aliphatic carbocycles. The summed E-state index contributed by atoms with van der Waals surface area (Å²) in [6.45, 7) is 5.05. The van der Waals surface area contributed by atoms with Crippen molar-refractivity contribution in [3.8, 4) is 0 Å². The van der Waals surface area contributed by atoms with Gasteiger partial charge in [0.05, 0.1) is 12.7 Å². The molecule has 0 aromatic rings. The second kappa shape index (κ2) is 4.41. The van der Waals surface area contributed by atoms with Gasteiger partial charge in [-0.1, -0.05) is 6.92 Å². The van der Waals surface area contributed by atoms with Gasteiger partial charge < -0.3 is 15.6 Å². The van der Waals surface area contributed by atoms with E-state index in [4.69, 9.17) is 15.6 Å². The van der Waals surface area contributed by atoms with E-state index in [9.17, 15) is 0 Å². The SMILES string of the molecule is [CH2]C(O)C(=N)C(CC)CO. The van der Waals surface area contributed by atoms with Crippen LogP contribution in [0.2, 0.25) is 0 Å². The highest BCUT2D eigenvalue weighted by Gasteiger charge is 2.14. The average molecular weight is 144 g/mol. The van der Waals surface area contributed by atoms with Gasteiger partial charge in [-0.15, -0.1) is 0 Å². The molecule has 0 fully saturated rings. The molecule has 2 unspecified atom stereocenters. The van der Waals surface area contributed by atoms with Crippen LogP contribution in [0.1, 0.15) is 13.3 Å². The summed E-state index contributed by atoms with van der Waals surface area (Å²) in [5.41, 5.74) is 0.116. The van der Waals surface area contributed by atoms with E-state index in [1.54, 1.807) is 0 Å². The molecule has 0 spiro atoms. The van der Waals surface area contributed by atoms with Gasteiger partial charge in [-0.25, -0.2) is 0 Å². The third-order valence-electron chi connectivity index (χ3n) is 1.51. The molecule has 10 heavy (non-hydrogen) atoms. The number of aliphatic hydroxyl groups excluding tert-OH is 2. The lowest BCUT2D eigenvalue weighted by Crippen LogP contribution is -2.27. The number of aliphatic hydroxyl groups is 2. The van der Waals surface area contributed by atoms with Gasteiger partial charge >= 0.3 is 0 Å². The lowest BCUT2D eigenvalue weighted by molar-refractivity contribution is 0.235. The fourth-order valence-corrected chi connectivity index (χ4v) is 0.719. The van der Waals surface area contributed by atoms with Crippen molar-refractivity contribution in [1.29, 1.82) is 5.41 Å². The quantitative estimate of drug-likeness (QED) is 0.494. The van der Waals surface area contributed by atoms with E-state index in [0.29, 0.717) is 6.42 Å². The Balaban J connectivity index is 3.89. The predicted octanol–water partition coefficient (Wildman–Crippen LogP) is 0.220. The second-order valence-corrected chi connectivity index (χ2v) is 2.26. The Hall–Kier alpha value is -0.410. The molecular weight excluding hydrogens is 130 g/mol. The summed E-state index contributed by atoms with van der Waals surface area (Å²) in [6.07, 6.45) is -0.306. The second-order valence-electron chi connectivity index (χ2n) is 2.26. The van der Waals surface area contributed by atoms with Crippen LogP contribution in [0.15, 0.2) is 0 Å². The molecular formula is C7H14NO2. The van der Waals surface area contributed by atoms with Gasteiger partial charge in [-0.2, -0.15) is 0 Å². The van der Waals surface area contributed by atoms with Crippen molar-refractivity contribution in [2.75, 3.05) is 6.61 Å². The zero-order chi connectivity index (χ0) is 8.15. The Morgan fingerprint density at radius 1 is 1.70 bits per heavy atom. The first-order valence-corrected chi connectivity index (χ1v) is 3.33. The topological polar surface area (TPSA) is 64.3 Å². The average Bonchev–Trinajstić information content (AvgIpc) is 1.90. The Kier molecular flexibility index (Phi) is 4.23. The van der Waals surface area contributed by atoms with Crippen molar-refractivity contribution in [2.24, 2.45) is 5.92 Å². The Morgan fingerprint density at radius 2 is 2.20 bits per heavy atom. The highest BCUT2D eigenvalue weighted by Crippen LogP contribution is 2.05. The molecule has 59 valence electrons. The molecule has 1 radical (unpaired) electrons. The van der Waals surface area contributed by atoms with Crippen LogP contribution in [-0.2, 0) is 0 Å². The molecule has 0 saturated carbocycles. The van der Waals surface area contributed by atoms with Crippen LogP contribution < -0.4 is 0 Å². The minimum absolute atomic E-state index is 0.0814.